The molecule has 2 fully saturated rings. The quantitative estimate of drug-likeness (QED) is 0.413. The lowest BCUT2D eigenvalue weighted by Crippen LogP contribution is -2.38. The Labute approximate surface area is 215 Å². The molecular weight excluding hydrogens is 454 g/mol. The Balaban J connectivity index is 1.31. The number of carbonyl (C=O) groups is 1. The molecule has 1 aromatic carbocycles. The van der Waals surface area contributed by atoms with Crippen LogP contribution in [0.5, 0.6) is 11.5 Å². The predicted octanol–water partition coefficient (Wildman–Crippen LogP) is 4.49. The molecular formula is C29H41N3O4. The zero-order chi connectivity index (χ0) is 25.0. The number of hydrogen-bond acceptors (Lipinski definition) is 6. The summed E-state index contributed by atoms with van der Waals surface area (Å²) in [5, 5.41) is 3.05. The number of ether oxygens (including phenoxy) is 3. The molecule has 1 saturated heterocycles. The molecule has 7 nitrogen and oxygen atoms in total. The van der Waals surface area contributed by atoms with Gasteiger partial charge in [0.2, 0.25) is 5.91 Å². The maximum Gasteiger partial charge on any atom is 0.226 e. The number of pyridine rings is 1. The summed E-state index contributed by atoms with van der Waals surface area (Å²) in [6, 6.07) is 9.87. The number of aromatic nitrogens is 1. The van der Waals surface area contributed by atoms with E-state index < -0.39 is 0 Å². The van der Waals surface area contributed by atoms with Gasteiger partial charge in [-0.15, -0.1) is 0 Å². The van der Waals surface area contributed by atoms with Crippen LogP contribution in [0.25, 0.3) is 11.1 Å². The molecule has 0 radical (unpaired) electrons. The van der Waals surface area contributed by atoms with E-state index >= 15 is 0 Å². The van der Waals surface area contributed by atoms with Crippen LogP contribution in [0, 0.1) is 5.92 Å². The van der Waals surface area contributed by atoms with E-state index in [1.54, 1.807) is 0 Å². The minimum absolute atomic E-state index is 0.0369. The van der Waals surface area contributed by atoms with Gasteiger partial charge in [-0.25, -0.2) is 0 Å². The Hall–Kier alpha value is -2.64. The number of carbonyl (C=O) groups excluding carboxylic acids is 1. The molecule has 36 heavy (non-hydrogen) atoms. The number of hydrogen-bond donors (Lipinski definition) is 1. The summed E-state index contributed by atoms with van der Waals surface area (Å²) in [7, 11) is 0. The third-order valence-corrected chi connectivity index (χ3v) is 7.10. The molecule has 2 heterocycles. The van der Waals surface area contributed by atoms with Gasteiger partial charge in [-0.05, 0) is 43.9 Å². The zero-order valence-corrected chi connectivity index (χ0v) is 21.7. The molecule has 1 aliphatic carbocycles. The van der Waals surface area contributed by atoms with Crippen LogP contribution in [0.4, 0.5) is 0 Å². The summed E-state index contributed by atoms with van der Waals surface area (Å²) in [5.41, 5.74) is 2.70. The van der Waals surface area contributed by atoms with Gasteiger partial charge in [0.05, 0.1) is 26.2 Å². The second kappa shape index (κ2) is 14.2. The molecule has 1 amide bonds. The normalized spacial score (nSPS) is 16.7. The summed E-state index contributed by atoms with van der Waals surface area (Å²) in [5.74, 6) is 2.47. The Morgan fingerprint density at radius 1 is 1.14 bits per heavy atom. The molecule has 1 aromatic heterocycles. The fourth-order valence-corrected chi connectivity index (χ4v) is 5.06. The van der Waals surface area contributed by atoms with Crippen LogP contribution in [0.1, 0.15) is 51.1 Å². The van der Waals surface area contributed by atoms with Crippen LogP contribution in [0.15, 0.2) is 36.5 Å². The summed E-state index contributed by atoms with van der Waals surface area (Å²) in [6.07, 6.45) is 9.89. The number of morpholine rings is 1. The van der Waals surface area contributed by atoms with Crippen LogP contribution in [0.2, 0.25) is 0 Å². The second-order valence-electron chi connectivity index (χ2n) is 9.75. The topological polar surface area (TPSA) is 72.9 Å². The Kier molecular flexibility index (Phi) is 10.4. The van der Waals surface area contributed by atoms with E-state index in [-0.39, 0.29) is 5.91 Å². The highest BCUT2D eigenvalue weighted by molar-refractivity contribution is 5.78. The highest BCUT2D eigenvalue weighted by Gasteiger charge is 2.15. The predicted molar refractivity (Wildman–Crippen MR) is 142 cm³/mol. The van der Waals surface area contributed by atoms with Crippen molar-refractivity contribution in [2.24, 2.45) is 5.92 Å². The van der Waals surface area contributed by atoms with Crippen LogP contribution in [0.3, 0.4) is 0 Å². The molecule has 0 bridgehead atoms. The second-order valence-corrected chi connectivity index (χ2v) is 9.75. The minimum Gasteiger partial charge on any atom is -0.494 e. The van der Waals surface area contributed by atoms with Gasteiger partial charge in [0.1, 0.15) is 18.1 Å². The molecule has 2 aromatic rings. The number of rotatable bonds is 13. The van der Waals surface area contributed by atoms with E-state index in [0.29, 0.717) is 19.6 Å². The Morgan fingerprint density at radius 3 is 2.72 bits per heavy atom. The highest BCUT2D eigenvalue weighted by Crippen LogP contribution is 2.33. The summed E-state index contributed by atoms with van der Waals surface area (Å²) in [6.45, 7) is 8.22. The first-order chi connectivity index (χ1) is 17.7. The van der Waals surface area contributed by atoms with E-state index in [1.807, 2.05) is 43.5 Å². The van der Waals surface area contributed by atoms with Crippen LogP contribution in [-0.4, -0.2) is 68.4 Å². The largest absolute Gasteiger partial charge is 0.494 e. The first-order valence-corrected chi connectivity index (χ1v) is 13.6. The first-order valence-electron chi connectivity index (χ1n) is 13.6. The van der Waals surface area contributed by atoms with Gasteiger partial charge >= 0.3 is 0 Å². The lowest BCUT2D eigenvalue weighted by molar-refractivity contribution is -0.120. The van der Waals surface area contributed by atoms with E-state index in [1.165, 1.54) is 32.1 Å². The summed E-state index contributed by atoms with van der Waals surface area (Å²) >= 11 is 0. The van der Waals surface area contributed by atoms with E-state index in [0.717, 1.165) is 80.1 Å². The monoisotopic (exact) mass is 495 g/mol. The van der Waals surface area contributed by atoms with Gasteiger partial charge in [0.25, 0.3) is 0 Å². The van der Waals surface area contributed by atoms with Crippen molar-refractivity contribution in [3.63, 3.8) is 0 Å². The van der Waals surface area contributed by atoms with Crippen LogP contribution in [-0.2, 0) is 16.0 Å². The van der Waals surface area contributed by atoms with Gasteiger partial charge in [0, 0.05) is 55.3 Å². The van der Waals surface area contributed by atoms with Crippen LogP contribution >= 0.6 is 0 Å². The average molecular weight is 496 g/mol. The van der Waals surface area contributed by atoms with Crippen molar-refractivity contribution in [2.45, 2.75) is 51.9 Å². The number of amides is 1. The van der Waals surface area contributed by atoms with Crippen LogP contribution < -0.4 is 14.8 Å². The summed E-state index contributed by atoms with van der Waals surface area (Å²) < 4.78 is 17.3. The molecule has 0 atom stereocenters. The van der Waals surface area contributed by atoms with E-state index in [9.17, 15) is 4.79 Å². The third kappa shape index (κ3) is 8.20. The summed E-state index contributed by atoms with van der Waals surface area (Å²) in [4.78, 5) is 19.3. The molecule has 1 saturated carbocycles. The van der Waals surface area contributed by atoms with Crippen molar-refractivity contribution in [3.8, 4) is 22.6 Å². The lowest BCUT2D eigenvalue weighted by atomic mass is 10.0. The SMILES string of the molecule is CCOc1ccc(-c2ccc(CC(=O)NCCCC3CCCC3)nc2)c(OCCN2CCOCC2)c1. The smallest absolute Gasteiger partial charge is 0.226 e. The molecule has 196 valence electrons. The molecule has 1 aliphatic heterocycles. The molecule has 4 rings (SSSR count). The van der Waals surface area contributed by atoms with Gasteiger partial charge in [-0.1, -0.05) is 31.7 Å². The average Bonchev–Trinajstić information content (AvgIpc) is 3.42. The van der Waals surface area contributed by atoms with Gasteiger partial charge in [0.15, 0.2) is 0 Å². The highest BCUT2D eigenvalue weighted by atomic mass is 16.5. The zero-order valence-electron chi connectivity index (χ0n) is 21.7. The Bertz CT molecular complexity index is 938. The van der Waals surface area contributed by atoms with Crippen molar-refractivity contribution in [3.05, 3.63) is 42.2 Å². The molecule has 7 heteroatoms. The van der Waals surface area contributed by atoms with Gasteiger partial charge in [-0.2, -0.15) is 0 Å². The molecule has 2 aliphatic rings. The minimum atomic E-state index is 0.0369. The maximum atomic E-state index is 12.4. The number of nitrogens with zero attached hydrogens (tertiary/aromatic N) is 2. The fraction of sp³-hybridized carbons (Fsp3) is 0.586. The van der Waals surface area contributed by atoms with Gasteiger partial charge in [-0.3, -0.25) is 14.7 Å². The van der Waals surface area contributed by atoms with Crippen molar-refractivity contribution >= 4 is 5.91 Å². The van der Waals surface area contributed by atoms with Crippen molar-refractivity contribution in [2.75, 3.05) is 52.6 Å². The van der Waals surface area contributed by atoms with Crippen molar-refractivity contribution in [1.29, 1.82) is 0 Å². The van der Waals surface area contributed by atoms with E-state index in [4.69, 9.17) is 14.2 Å². The van der Waals surface area contributed by atoms with Gasteiger partial charge < -0.3 is 19.5 Å². The third-order valence-electron chi connectivity index (χ3n) is 7.10. The maximum absolute atomic E-state index is 12.4. The number of nitrogens with one attached hydrogen (secondary N) is 1. The first kappa shape index (κ1) is 26.4. The van der Waals surface area contributed by atoms with Crippen molar-refractivity contribution in [1.82, 2.24) is 15.2 Å². The fourth-order valence-electron chi connectivity index (χ4n) is 5.06. The molecule has 0 spiro atoms. The standard InChI is InChI=1S/C29H41N3O4/c1-2-35-26-11-12-27(28(21-26)36-19-16-32-14-17-34-18-15-32)24-9-10-25(31-22-24)20-29(33)30-13-5-8-23-6-3-4-7-23/h9-12,21-23H,2-8,13-20H2,1H3,(H,30,33). The van der Waals surface area contributed by atoms with E-state index in [2.05, 4.69) is 15.2 Å². The number of benzene rings is 1. The molecule has 1 N–H and O–H groups in total. The molecule has 0 unspecified atom stereocenters. The van der Waals surface area contributed by atoms with Crippen molar-refractivity contribution < 1.29 is 19.0 Å². The Morgan fingerprint density at radius 2 is 1.97 bits per heavy atom. The lowest BCUT2D eigenvalue weighted by Gasteiger charge is -2.26.